The fourth-order valence-corrected chi connectivity index (χ4v) is 1.66. The third-order valence-corrected chi connectivity index (χ3v) is 2.90. The van der Waals surface area contributed by atoms with Crippen LogP contribution in [-0.2, 0) is 4.79 Å². The monoisotopic (exact) mass is 249 g/mol. The lowest BCUT2D eigenvalue weighted by Crippen LogP contribution is -2.36. The first-order valence-electron chi connectivity index (χ1n) is 6.50. The van der Waals surface area contributed by atoms with Crippen LogP contribution < -0.4 is 10.1 Å². The van der Waals surface area contributed by atoms with Crippen LogP contribution in [0.1, 0.15) is 44.7 Å². The van der Waals surface area contributed by atoms with Crippen LogP contribution in [0.5, 0.6) is 5.75 Å². The molecule has 0 aliphatic heterocycles. The van der Waals surface area contributed by atoms with Gasteiger partial charge in [0.2, 0.25) is 0 Å². The summed E-state index contributed by atoms with van der Waals surface area (Å²) in [5, 5.41) is 2.76. The Hall–Kier alpha value is -1.51. The molecule has 0 aromatic heterocycles. The molecule has 18 heavy (non-hydrogen) atoms. The zero-order valence-electron chi connectivity index (χ0n) is 11.9. The number of carbonyl (C=O) groups is 1. The highest BCUT2D eigenvalue weighted by atomic mass is 16.5. The second-order valence-electron chi connectivity index (χ2n) is 4.83. The van der Waals surface area contributed by atoms with E-state index < -0.39 is 6.10 Å². The minimum atomic E-state index is -0.467. The molecule has 0 aliphatic carbocycles. The maximum absolute atomic E-state index is 11.6. The highest BCUT2D eigenvalue weighted by Crippen LogP contribution is 2.25. The number of aryl methyl sites for hydroxylation is 1. The highest BCUT2D eigenvalue weighted by molar-refractivity contribution is 5.80. The number of amides is 1. The van der Waals surface area contributed by atoms with Gasteiger partial charge >= 0.3 is 0 Å². The minimum absolute atomic E-state index is 0.0770. The summed E-state index contributed by atoms with van der Waals surface area (Å²) in [6, 6.07) is 6.16. The summed E-state index contributed by atoms with van der Waals surface area (Å²) in [5.74, 6) is 1.17. The molecule has 1 atom stereocenters. The van der Waals surface area contributed by atoms with Gasteiger partial charge in [0.05, 0.1) is 0 Å². The number of hydrogen-bond acceptors (Lipinski definition) is 2. The first-order valence-corrected chi connectivity index (χ1v) is 6.50. The standard InChI is InChI=1S/C15H23NO2/c1-6-16-15(17)12(5)18-14-9-13(10(2)3)8-7-11(14)4/h7-10,12H,6H2,1-5H3,(H,16,17). The number of rotatable bonds is 5. The van der Waals surface area contributed by atoms with E-state index in [2.05, 4.69) is 25.2 Å². The Morgan fingerprint density at radius 1 is 1.33 bits per heavy atom. The van der Waals surface area contributed by atoms with Gasteiger partial charge in [-0.1, -0.05) is 26.0 Å². The largest absolute Gasteiger partial charge is 0.481 e. The minimum Gasteiger partial charge on any atom is -0.481 e. The van der Waals surface area contributed by atoms with Gasteiger partial charge in [0, 0.05) is 6.54 Å². The quantitative estimate of drug-likeness (QED) is 0.871. The Morgan fingerprint density at radius 3 is 2.56 bits per heavy atom. The van der Waals surface area contributed by atoms with E-state index in [0.717, 1.165) is 11.3 Å². The fraction of sp³-hybridized carbons (Fsp3) is 0.533. The van der Waals surface area contributed by atoms with Crippen molar-refractivity contribution in [1.82, 2.24) is 5.32 Å². The van der Waals surface area contributed by atoms with Crippen LogP contribution >= 0.6 is 0 Å². The molecule has 0 saturated carbocycles. The van der Waals surface area contributed by atoms with Crippen molar-refractivity contribution in [3.8, 4) is 5.75 Å². The predicted molar refractivity (Wildman–Crippen MR) is 74.0 cm³/mol. The van der Waals surface area contributed by atoms with Gasteiger partial charge < -0.3 is 10.1 Å². The van der Waals surface area contributed by atoms with Gasteiger partial charge in [0.15, 0.2) is 6.10 Å². The molecular formula is C15H23NO2. The van der Waals surface area contributed by atoms with Crippen molar-refractivity contribution in [1.29, 1.82) is 0 Å². The van der Waals surface area contributed by atoms with Crippen LogP contribution in [0.25, 0.3) is 0 Å². The number of carbonyl (C=O) groups excluding carboxylic acids is 1. The van der Waals surface area contributed by atoms with Crippen LogP contribution in [0, 0.1) is 6.92 Å². The number of ether oxygens (including phenoxy) is 1. The maximum atomic E-state index is 11.6. The van der Waals surface area contributed by atoms with Crippen molar-refractivity contribution in [3.05, 3.63) is 29.3 Å². The summed E-state index contributed by atoms with van der Waals surface area (Å²) in [6.45, 7) is 10.6. The predicted octanol–water partition coefficient (Wildman–Crippen LogP) is 3.02. The topological polar surface area (TPSA) is 38.3 Å². The fourth-order valence-electron chi connectivity index (χ4n) is 1.66. The Bertz CT molecular complexity index is 413. The number of nitrogens with one attached hydrogen (secondary N) is 1. The summed E-state index contributed by atoms with van der Waals surface area (Å²) >= 11 is 0. The van der Waals surface area contributed by atoms with Crippen molar-refractivity contribution in [2.45, 2.75) is 46.6 Å². The summed E-state index contributed by atoms with van der Waals surface area (Å²) in [7, 11) is 0. The molecule has 1 aromatic carbocycles. The van der Waals surface area contributed by atoms with Gasteiger partial charge in [-0.2, -0.15) is 0 Å². The molecule has 1 amide bonds. The second-order valence-corrected chi connectivity index (χ2v) is 4.83. The number of hydrogen-bond donors (Lipinski definition) is 1. The van der Waals surface area contributed by atoms with E-state index >= 15 is 0 Å². The molecule has 0 aliphatic rings. The third-order valence-electron chi connectivity index (χ3n) is 2.90. The highest BCUT2D eigenvalue weighted by Gasteiger charge is 2.15. The molecule has 0 bridgehead atoms. The molecule has 1 N–H and O–H groups in total. The zero-order chi connectivity index (χ0) is 13.7. The lowest BCUT2D eigenvalue weighted by molar-refractivity contribution is -0.127. The van der Waals surface area contributed by atoms with Crippen molar-refractivity contribution < 1.29 is 9.53 Å². The van der Waals surface area contributed by atoms with E-state index in [9.17, 15) is 4.79 Å². The van der Waals surface area contributed by atoms with E-state index in [1.807, 2.05) is 26.0 Å². The third kappa shape index (κ3) is 3.76. The van der Waals surface area contributed by atoms with Crippen LogP contribution in [0.3, 0.4) is 0 Å². The van der Waals surface area contributed by atoms with Crippen molar-refractivity contribution in [3.63, 3.8) is 0 Å². The van der Waals surface area contributed by atoms with E-state index in [1.165, 1.54) is 5.56 Å². The van der Waals surface area contributed by atoms with E-state index in [0.29, 0.717) is 12.5 Å². The molecule has 1 rings (SSSR count). The van der Waals surface area contributed by atoms with Crippen LogP contribution in [0.4, 0.5) is 0 Å². The van der Waals surface area contributed by atoms with Gasteiger partial charge in [-0.15, -0.1) is 0 Å². The number of likely N-dealkylation sites (N-methyl/N-ethyl adjacent to an activating group) is 1. The first-order chi connectivity index (χ1) is 8.45. The van der Waals surface area contributed by atoms with Crippen LogP contribution in [-0.4, -0.2) is 18.6 Å². The SMILES string of the molecule is CCNC(=O)C(C)Oc1cc(C(C)C)ccc1C. The maximum Gasteiger partial charge on any atom is 0.260 e. The summed E-state index contributed by atoms with van der Waals surface area (Å²) in [6.07, 6.45) is -0.467. The Balaban J connectivity index is 2.83. The summed E-state index contributed by atoms with van der Waals surface area (Å²) in [5.41, 5.74) is 2.27. The lowest BCUT2D eigenvalue weighted by Gasteiger charge is -2.17. The smallest absolute Gasteiger partial charge is 0.260 e. The average Bonchev–Trinajstić information content (AvgIpc) is 2.31. The van der Waals surface area contributed by atoms with E-state index in [4.69, 9.17) is 4.74 Å². The van der Waals surface area contributed by atoms with Crippen molar-refractivity contribution >= 4 is 5.91 Å². The summed E-state index contributed by atoms with van der Waals surface area (Å²) in [4.78, 5) is 11.6. The lowest BCUT2D eigenvalue weighted by atomic mass is 10.0. The van der Waals surface area contributed by atoms with Gasteiger partial charge in [-0.25, -0.2) is 0 Å². The van der Waals surface area contributed by atoms with Crippen LogP contribution in [0.15, 0.2) is 18.2 Å². The van der Waals surface area contributed by atoms with E-state index in [1.54, 1.807) is 6.92 Å². The molecule has 1 aromatic rings. The Kier molecular flexibility index (Phi) is 5.20. The Morgan fingerprint density at radius 2 is 2.00 bits per heavy atom. The molecule has 100 valence electrons. The normalized spacial score (nSPS) is 12.3. The molecule has 0 saturated heterocycles. The zero-order valence-corrected chi connectivity index (χ0v) is 11.9. The molecule has 3 heteroatoms. The molecule has 1 unspecified atom stereocenters. The summed E-state index contributed by atoms with van der Waals surface area (Å²) < 4.78 is 5.74. The Labute approximate surface area is 110 Å². The molecule has 0 heterocycles. The molecule has 0 spiro atoms. The molecule has 0 radical (unpaired) electrons. The van der Waals surface area contributed by atoms with Gasteiger partial charge in [-0.05, 0) is 43.9 Å². The van der Waals surface area contributed by atoms with Crippen LogP contribution in [0.2, 0.25) is 0 Å². The second kappa shape index (κ2) is 6.43. The molecular weight excluding hydrogens is 226 g/mol. The van der Waals surface area contributed by atoms with E-state index in [-0.39, 0.29) is 5.91 Å². The first kappa shape index (κ1) is 14.6. The van der Waals surface area contributed by atoms with Gasteiger partial charge in [-0.3, -0.25) is 4.79 Å². The van der Waals surface area contributed by atoms with Crippen molar-refractivity contribution in [2.75, 3.05) is 6.54 Å². The van der Waals surface area contributed by atoms with Gasteiger partial charge in [0.25, 0.3) is 5.91 Å². The average molecular weight is 249 g/mol. The molecule has 3 nitrogen and oxygen atoms in total. The molecule has 0 fully saturated rings. The van der Waals surface area contributed by atoms with Gasteiger partial charge in [0.1, 0.15) is 5.75 Å². The van der Waals surface area contributed by atoms with Crippen molar-refractivity contribution in [2.24, 2.45) is 0 Å². The number of benzene rings is 1.